The maximum absolute atomic E-state index is 12.5. The minimum Gasteiger partial charge on any atom is -0.340 e. The van der Waals surface area contributed by atoms with E-state index in [-0.39, 0.29) is 5.91 Å². The third kappa shape index (κ3) is 2.85. The summed E-state index contributed by atoms with van der Waals surface area (Å²) < 4.78 is 5.97. The Labute approximate surface area is 131 Å². The number of carbonyl (C=O) groups excluding carboxylic acids is 1. The number of aromatic nitrogens is 2. The van der Waals surface area contributed by atoms with Crippen LogP contribution < -0.4 is 5.32 Å². The van der Waals surface area contributed by atoms with Crippen LogP contribution in [-0.4, -0.2) is 16.0 Å². The molecule has 0 spiro atoms. The fourth-order valence-corrected chi connectivity index (χ4v) is 3.20. The largest absolute Gasteiger partial charge is 0.340 e. The fourth-order valence-electron chi connectivity index (χ4n) is 2.80. The standard InChI is InChI=1S/C15H16BrN3O2/c1-10-17-14(19-21-10)15(7-2-3-8-15)18-13(20)11-5-4-6-12(16)9-11/h4-6,9H,2-3,7-8H2,1H3,(H,18,20). The van der Waals surface area contributed by atoms with Crippen molar-refractivity contribution in [3.05, 3.63) is 46.0 Å². The van der Waals surface area contributed by atoms with Gasteiger partial charge in [0.25, 0.3) is 5.91 Å². The van der Waals surface area contributed by atoms with Crippen LogP contribution in [0.5, 0.6) is 0 Å². The second-order valence-electron chi connectivity index (χ2n) is 5.39. The molecule has 1 aliphatic carbocycles. The Kier molecular flexibility index (Phi) is 3.80. The van der Waals surface area contributed by atoms with Crippen molar-refractivity contribution in [3.8, 4) is 0 Å². The molecule has 1 aromatic heterocycles. The van der Waals surface area contributed by atoms with Gasteiger partial charge in [0, 0.05) is 17.0 Å². The predicted octanol–water partition coefficient (Wildman–Crippen LogP) is 3.34. The molecule has 1 saturated carbocycles. The number of benzene rings is 1. The molecular weight excluding hydrogens is 334 g/mol. The van der Waals surface area contributed by atoms with E-state index in [1.54, 1.807) is 19.1 Å². The first-order valence-corrected chi connectivity index (χ1v) is 7.77. The minimum absolute atomic E-state index is 0.111. The first-order valence-electron chi connectivity index (χ1n) is 6.98. The van der Waals surface area contributed by atoms with Crippen LogP contribution in [0.25, 0.3) is 0 Å². The molecule has 1 aliphatic rings. The molecule has 0 radical (unpaired) electrons. The Morgan fingerprint density at radius 3 is 2.76 bits per heavy atom. The summed E-state index contributed by atoms with van der Waals surface area (Å²) in [7, 11) is 0. The van der Waals surface area contributed by atoms with Gasteiger partial charge in [-0.25, -0.2) is 0 Å². The molecule has 0 atom stereocenters. The number of hydrogen-bond acceptors (Lipinski definition) is 4. The van der Waals surface area contributed by atoms with Crippen LogP contribution in [0.1, 0.15) is 47.8 Å². The highest BCUT2D eigenvalue weighted by Gasteiger charge is 2.41. The Morgan fingerprint density at radius 1 is 1.38 bits per heavy atom. The van der Waals surface area contributed by atoms with Crippen molar-refractivity contribution in [2.45, 2.75) is 38.1 Å². The lowest BCUT2D eigenvalue weighted by atomic mass is 9.96. The smallest absolute Gasteiger partial charge is 0.252 e. The number of nitrogens with one attached hydrogen (secondary N) is 1. The van der Waals surface area contributed by atoms with Crippen LogP contribution in [0.15, 0.2) is 33.3 Å². The summed E-state index contributed by atoms with van der Waals surface area (Å²) in [5.74, 6) is 0.995. The van der Waals surface area contributed by atoms with Crippen LogP contribution >= 0.6 is 15.9 Å². The van der Waals surface area contributed by atoms with E-state index in [1.807, 2.05) is 12.1 Å². The van der Waals surface area contributed by atoms with Gasteiger partial charge in [-0.05, 0) is 31.0 Å². The van der Waals surface area contributed by atoms with Crippen molar-refractivity contribution in [1.29, 1.82) is 0 Å². The van der Waals surface area contributed by atoms with Crippen LogP contribution in [0.2, 0.25) is 0 Å². The summed E-state index contributed by atoms with van der Waals surface area (Å²) in [5, 5.41) is 7.14. The molecule has 110 valence electrons. The molecule has 3 rings (SSSR count). The lowest BCUT2D eigenvalue weighted by molar-refractivity contribution is 0.0892. The normalized spacial score (nSPS) is 16.9. The van der Waals surface area contributed by atoms with E-state index in [0.29, 0.717) is 17.3 Å². The molecular formula is C15H16BrN3O2. The van der Waals surface area contributed by atoms with Crippen molar-refractivity contribution < 1.29 is 9.32 Å². The highest BCUT2D eigenvalue weighted by Crippen LogP contribution is 2.37. The summed E-state index contributed by atoms with van der Waals surface area (Å²) in [6.45, 7) is 1.76. The van der Waals surface area contributed by atoms with E-state index >= 15 is 0 Å². The molecule has 2 aromatic rings. The second-order valence-corrected chi connectivity index (χ2v) is 6.31. The van der Waals surface area contributed by atoms with Gasteiger partial charge < -0.3 is 9.84 Å². The maximum Gasteiger partial charge on any atom is 0.252 e. The molecule has 1 aromatic carbocycles. The van der Waals surface area contributed by atoms with Gasteiger partial charge in [0.2, 0.25) is 5.89 Å². The Bertz CT molecular complexity index is 662. The SMILES string of the molecule is Cc1nc(C2(NC(=O)c3cccc(Br)c3)CCCC2)no1. The van der Waals surface area contributed by atoms with Crippen LogP contribution in [0.4, 0.5) is 0 Å². The van der Waals surface area contributed by atoms with Gasteiger partial charge in [0.1, 0.15) is 5.54 Å². The van der Waals surface area contributed by atoms with E-state index in [4.69, 9.17) is 4.52 Å². The molecule has 1 amide bonds. The highest BCUT2D eigenvalue weighted by atomic mass is 79.9. The number of nitrogens with zero attached hydrogens (tertiary/aromatic N) is 2. The zero-order chi connectivity index (χ0) is 14.9. The van der Waals surface area contributed by atoms with E-state index in [0.717, 1.165) is 30.2 Å². The van der Waals surface area contributed by atoms with Gasteiger partial charge in [-0.1, -0.05) is 40.0 Å². The monoisotopic (exact) mass is 349 g/mol. The summed E-state index contributed by atoms with van der Waals surface area (Å²) in [4.78, 5) is 16.8. The van der Waals surface area contributed by atoms with Crippen molar-refractivity contribution in [2.75, 3.05) is 0 Å². The van der Waals surface area contributed by atoms with Crippen LogP contribution in [0.3, 0.4) is 0 Å². The summed E-state index contributed by atoms with van der Waals surface area (Å²) in [6, 6.07) is 7.34. The van der Waals surface area contributed by atoms with Gasteiger partial charge in [0.05, 0.1) is 0 Å². The van der Waals surface area contributed by atoms with Gasteiger partial charge >= 0.3 is 0 Å². The Morgan fingerprint density at radius 2 is 2.14 bits per heavy atom. The maximum atomic E-state index is 12.5. The Hall–Kier alpha value is -1.69. The molecule has 1 N–H and O–H groups in total. The van der Waals surface area contributed by atoms with Crippen molar-refractivity contribution >= 4 is 21.8 Å². The quantitative estimate of drug-likeness (QED) is 0.922. The number of amides is 1. The average Bonchev–Trinajstić information content (AvgIpc) is 3.09. The molecule has 0 saturated heterocycles. The Balaban J connectivity index is 1.87. The fraction of sp³-hybridized carbons (Fsp3) is 0.400. The van der Waals surface area contributed by atoms with Gasteiger partial charge in [-0.2, -0.15) is 4.98 Å². The van der Waals surface area contributed by atoms with E-state index in [1.165, 1.54) is 0 Å². The number of hydrogen-bond donors (Lipinski definition) is 1. The van der Waals surface area contributed by atoms with Gasteiger partial charge in [-0.3, -0.25) is 4.79 Å². The topological polar surface area (TPSA) is 68.0 Å². The first kappa shape index (κ1) is 14.3. The second kappa shape index (κ2) is 5.60. The lowest BCUT2D eigenvalue weighted by Crippen LogP contribution is -2.44. The summed E-state index contributed by atoms with van der Waals surface area (Å²) in [5.41, 5.74) is 0.118. The minimum atomic E-state index is -0.503. The van der Waals surface area contributed by atoms with E-state index < -0.39 is 5.54 Å². The van der Waals surface area contributed by atoms with Crippen LogP contribution in [0, 0.1) is 6.92 Å². The van der Waals surface area contributed by atoms with E-state index in [9.17, 15) is 4.79 Å². The van der Waals surface area contributed by atoms with Crippen molar-refractivity contribution in [1.82, 2.24) is 15.5 Å². The average molecular weight is 350 g/mol. The van der Waals surface area contributed by atoms with Gasteiger partial charge in [-0.15, -0.1) is 0 Å². The summed E-state index contributed by atoms with van der Waals surface area (Å²) in [6.07, 6.45) is 3.77. The zero-order valence-corrected chi connectivity index (χ0v) is 13.3. The molecule has 0 aliphatic heterocycles. The molecule has 6 heteroatoms. The number of halogens is 1. The molecule has 5 nitrogen and oxygen atoms in total. The molecule has 1 fully saturated rings. The molecule has 0 bridgehead atoms. The number of aryl methyl sites for hydroxylation is 1. The van der Waals surface area contributed by atoms with E-state index in [2.05, 4.69) is 31.4 Å². The van der Waals surface area contributed by atoms with Crippen molar-refractivity contribution in [3.63, 3.8) is 0 Å². The third-order valence-electron chi connectivity index (χ3n) is 3.85. The zero-order valence-electron chi connectivity index (χ0n) is 11.7. The van der Waals surface area contributed by atoms with Gasteiger partial charge in [0.15, 0.2) is 5.82 Å². The number of rotatable bonds is 3. The highest BCUT2D eigenvalue weighted by molar-refractivity contribution is 9.10. The van der Waals surface area contributed by atoms with Crippen LogP contribution in [-0.2, 0) is 5.54 Å². The number of carbonyl (C=O) groups is 1. The lowest BCUT2D eigenvalue weighted by Gasteiger charge is -2.26. The first-order chi connectivity index (χ1) is 10.1. The summed E-state index contributed by atoms with van der Waals surface area (Å²) >= 11 is 3.39. The molecule has 0 unspecified atom stereocenters. The predicted molar refractivity (Wildman–Crippen MR) is 80.8 cm³/mol. The molecule has 1 heterocycles. The van der Waals surface area contributed by atoms with Crippen molar-refractivity contribution in [2.24, 2.45) is 0 Å². The molecule has 21 heavy (non-hydrogen) atoms. The third-order valence-corrected chi connectivity index (χ3v) is 4.35.